The Morgan fingerprint density at radius 1 is 1.00 bits per heavy atom. The molecule has 2 aromatic carbocycles. The largest absolute Gasteiger partial charge is 0.496 e. The predicted octanol–water partition coefficient (Wildman–Crippen LogP) is 4.31. The van der Waals surface area contributed by atoms with Gasteiger partial charge in [0.25, 0.3) is 11.6 Å². The molecule has 1 saturated heterocycles. The smallest absolute Gasteiger partial charge is 0.273 e. The number of likely N-dealkylation sites (N-methyl/N-ethyl adjacent to an activating group) is 1. The summed E-state index contributed by atoms with van der Waals surface area (Å²) in [5.41, 5.74) is 1.54. The lowest BCUT2D eigenvalue weighted by Gasteiger charge is -2.47. The van der Waals surface area contributed by atoms with Crippen LogP contribution in [0.5, 0.6) is 23.0 Å². The SMILES string of the molecule is COCOc1ccc(C2(C)CC=C3NC(C)(C)C(=O)N(C)C3=C2COc2cc([N+](=O)[O-])ccc2OC)c(OC)c1. The van der Waals surface area contributed by atoms with Crippen LogP contribution < -0.4 is 24.3 Å². The van der Waals surface area contributed by atoms with Gasteiger partial charge >= 0.3 is 0 Å². The van der Waals surface area contributed by atoms with E-state index in [1.165, 1.54) is 25.3 Å². The summed E-state index contributed by atoms with van der Waals surface area (Å²) >= 11 is 0. The van der Waals surface area contributed by atoms with Crippen molar-refractivity contribution in [2.45, 2.75) is 38.1 Å². The molecule has 11 heteroatoms. The number of hydrogen-bond donors (Lipinski definition) is 1. The Kier molecular flexibility index (Phi) is 7.97. The highest BCUT2D eigenvalue weighted by Crippen LogP contribution is 2.48. The second-order valence-corrected chi connectivity index (χ2v) is 10.4. The normalized spacial score (nSPS) is 19.8. The number of non-ortho nitro benzene ring substituents is 1. The molecule has 1 heterocycles. The van der Waals surface area contributed by atoms with Gasteiger partial charge in [-0.25, -0.2) is 0 Å². The van der Waals surface area contributed by atoms with Crippen LogP contribution >= 0.6 is 0 Å². The lowest BCUT2D eigenvalue weighted by molar-refractivity contribution is -0.385. The summed E-state index contributed by atoms with van der Waals surface area (Å²) in [6.07, 6.45) is 2.64. The van der Waals surface area contributed by atoms with Crippen LogP contribution in [0.3, 0.4) is 0 Å². The molecule has 4 rings (SSSR count). The Labute approximate surface area is 233 Å². The number of methoxy groups -OCH3 is 3. The van der Waals surface area contributed by atoms with Gasteiger partial charge in [0.1, 0.15) is 23.6 Å². The molecule has 0 saturated carbocycles. The summed E-state index contributed by atoms with van der Waals surface area (Å²) in [4.78, 5) is 26.0. The average Bonchev–Trinajstić information content (AvgIpc) is 2.94. The maximum atomic E-state index is 13.4. The van der Waals surface area contributed by atoms with Crippen LogP contribution in [0.4, 0.5) is 5.69 Å². The number of fused-ring (bicyclic) bond motifs is 1. The fourth-order valence-corrected chi connectivity index (χ4v) is 5.24. The molecule has 2 aliphatic rings. The predicted molar refractivity (Wildman–Crippen MR) is 148 cm³/mol. The van der Waals surface area contributed by atoms with Gasteiger partial charge in [-0.05, 0) is 32.4 Å². The Bertz CT molecular complexity index is 1380. The second-order valence-electron chi connectivity index (χ2n) is 10.4. The number of carbonyl (C=O) groups excluding carboxylic acids is 1. The molecule has 1 amide bonds. The molecule has 1 atom stereocenters. The topological polar surface area (TPSA) is 122 Å². The van der Waals surface area contributed by atoms with Crippen molar-refractivity contribution in [1.29, 1.82) is 0 Å². The number of nitro benzene ring substituents is 1. The quantitative estimate of drug-likeness (QED) is 0.260. The van der Waals surface area contributed by atoms with E-state index in [2.05, 4.69) is 18.3 Å². The molecule has 1 unspecified atom stereocenters. The molecule has 214 valence electrons. The van der Waals surface area contributed by atoms with Gasteiger partial charge in [-0.3, -0.25) is 14.9 Å². The molecule has 2 aromatic rings. The van der Waals surface area contributed by atoms with Gasteiger partial charge in [-0.1, -0.05) is 19.1 Å². The third-order valence-corrected chi connectivity index (χ3v) is 7.38. The molecule has 0 bridgehead atoms. The Morgan fingerprint density at radius 2 is 1.73 bits per heavy atom. The molecule has 0 aromatic heterocycles. The van der Waals surface area contributed by atoms with Gasteiger partial charge in [0.05, 0.1) is 36.6 Å². The number of piperazine rings is 1. The van der Waals surface area contributed by atoms with Crippen molar-refractivity contribution in [1.82, 2.24) is 10.2 Å². The van der Waals surface area contributed by atoms with Crippen LogP contribution in [0.25, 0.3) is 0 Å². The molecule has 0 spiro atoms. The highest BCUT2D eigenvalue weighted by molar-refractivity contribution is 5.90. The summed E-state index contributed by atoms with van der Waals surface area (Å²) < 4.78 is 28.1. The minimum atomic E-state index is -0.801. The van der Waals surface area contributed by atoms with Crippen molar-refractivity contribution in [3.05, 3.63) is 75.1 Å². The van der Waals surface area contributed by atoms with Gasteiger partial charge in [0.2, 0.25) is 0 Å². The zero-order valence-electron chi connectivity index (χ0n) is 23.8. The first kappa shape index (κ1) is 28.8. The molecule has 11 nitrogen and oxygen atoms in total. The van der Waals surface area contributed by atoms with Gasteiger partial charge in [-0.2, -0.15) is 0 Å². The number of nitro groups is 1. The number of benzene rings is 2. The third-order valence-electron chi connectivity index (χ3n) is 7.38. The minimum absolute atomic E-state index is 0.0194. The molecule has 40 heavy (non-hydrogen) atoms. The fraction of sp³-hybridized carbons (Fsp3) is 0.414. The monoisotopic (exact) mass is 553 g/mol. The van der Waals surface area contributed by atoms with Crippen LogP contribution in [0.15, 0.2) is 59.4 Å². The lowest BCUT2D eigenvalue weighted by atomic mass is 9.68. The molecule has 1 fully saturated rings. The minimum Gasteiger partial charge on any atom is -0.496 e. The first-order chi connectivity index (χ1) is 19.0. The van der Waals surface area contributed by atoms with Crippen molar-refractivity contribution in [3.63, 3.8) is 0 Å². The van der Waals surface area contributed by atoms with Crippen molar-refractivity contribution < 1.29 is 33.4 Å². The second kappa shape index (κ2) is 11.1. The third kappa shape index (κ3) is 5.16. The first-order valence-corrected chi connectivity index (χ1v) is 12.7. The Balaban J connectivity index is 1.85. The van der Waals surface area contributed by atoms with Crippen molar-refractivity contribution in [2.75, 3.05) is 41.8 Å². The van der Waals surface area contributed by atoms with E-state index in [-0.39, 0.29) is 30.7 Å². The maximum Gasteiger partial charge on any atom is 0.273 e. The van der Waals surface area contributed by atoms with Gasteiger partial charge in [-0.15, -0.1) is 0 Å². The highest BCUT2D eigenvalue weighted by Gasteiger charge is 2.46. The fourth-order valence-electron chi connectivity index (χ4n) is 5.24. The summed E-state index contributed by atoms with van der Waals surface area (Å²) in [6, 6.07) is 9.75. The molecular weight excluding hydrogens is 518 g/mol. The molecule has 0 radical (unpaired) electrons. The number of ether oxygens (including phenoxy) is 5. The number of hydrogen-bond acceptors (Lipinski definition) is 9. The first-order valence-electron chi connectivity index (χ1n) is 12.7. The van der Waals surface area contributed by atoms with E-state index in [1.807, 2.05) is 26.0 Å². The summed E-state index contributed by atoms with van der Waals surface area (Å²) in [6.45, 7) is 5.84. The summed E-state index contributed by atoms with van der Waals surface area (Å²) in [5, 5.41) is 14.8. The Hall–Kier alpha value is -4.25. The van der Waals surface area contributed by atoms with E-state index in [9.17, 15) is 14.9 Å². The van der Waals surface area contributed by atoms with Gasteiger partial charge in [0.15, 0.2) is 18.3 Å². The maximum absolute atomic E-state index is 13.4. The lowest BCUT2D eigenvalue weighted by Crippen LogP contribution is -2.59. The average molecular weight is 554 g/mol. The zero-order valence-corrected chi connectivity index (χ0v) is 23.8. The van der Waals surface area contributed by atoms with Crippen LogP contribution in [-0.2, 0) is 14.9 Å². The van der Waals surface area contributed by atoms with E-state index < -0.39 is 15.9 Å². The van der Waals surface area contributed by atoms with Crippen LogP contribution in [0.1, 0.15) is 32.8 Å². The Morgan fingerprint density at radius 3 is 2.38 bits per heavy atom. The van der Waals surface area contributed by atoms with E-state index in [1.54, 1.807) is 32.2 Å². The number of allylic oxidation sites excluding steroid dienone is 1. The van der Waals surface area contributed by atoms with E-state index in [0.717, 1.165) is 16.8 Å². The van der Waals surface area contributed by atoms with Crippen LogP contribution in [0.2, 0.25) is 0 Å². The summed E-state index contributed by atoms with van der Waals surface area (Å²) in [7, 11) is 6.35. The van der Waals surface area contributed by atoms with E-state index >= 15 is 0 Å². The van der Waals surface area contributed by atoms with Crippen LogP contribution in [0, 0.1) is 10.1 Å². The highest BCUT2D eigenvalue weighted by atomic mass is 16.7. The van der Waals surface area contributed by atoms with E-state index in [0.29, 0.717) is 29.4 Å². The number of amides is 1. The van der Waals surface area contributed by atoms with E-state index in [4.69, 9.17) is 23.7 Å². The van der Waals surface area contributed by atoms with Crippen molar-refractivity contribution in [3.8, 4) is 23.0 Å². The van der Waals surface area contributed by atoms with Crippen molar-refractivity contribution >= 4 is 11.6 Å². The van der Waals surface area contributed by atoms with Gasteiger partial charge < -0.3 is 33.9 Å². The molecule has 1 aliphatic carbocycles. The molecule has 1 N–H and O–H groups in total. The molecule has 1 aliphatic heterocycles. The van der Waals surface area contributed by atoms with Crippen LogP contribution in [-0.4, -0.2) is 63.0 Å². The summed E-state index contributed by atoms with van der Waals surface area (Å²) in [5.74, 6) is 1.64. The number of rotatable bonds is 10. The van der Waals surface area contributed by atoms with Crippen molar-refractivity contribution in [2.24, 2.45) is 0 Å². The standard InChI is InChI=1S/C29H35N3O8/c1-28(2)27(33)31(4)26-21(16-39-25-14-18(32(34)35)8-11-23(25)37-6)29(3,13-12-22(26)30-28)20-10-9-19(40-17-36-5)15-24(20)38-7/h8-12,14-15,30H,13,16-17H2,1-7H3. The molecular formula is C29H35N3O8. The zero-order chi connectivity index (χ0) is 29.2. The number of nitrogens with one attached hydrogen (secondary N) is 1. The number of nitrogens with zero attached hydrogens (tertiary/aromatic N) is 2. The van der Waals surface area contributed by atoms with Gasteiger partial charge in [0, 0.05) is 42.8 Å². The number of carbonyl (C=O) groups is 1.